The van der Waals surface area contributed by atoms with Gasteiger partial charge >= 0.3 is 0 Å². The molecule has 1 unspecified atom stereocenters. The number of hydrogen-bond acceptors (Lipinski definition) is 2. The van der Waals surface area contributed by atoms with Gasteiger partial charge in [-0.05, 0) is 23.8 Å². The Balaban J connectivity index is 2.35. The molecule has 0 spiro atoms. The molecule has 0 aliphatic carbocycles. The fraction of sp³-hybridized carbons (Fsp3) is 0.133. The molecule has 0 heterocycles. The van der Waals surface area contributed by atoms with Gasteiger partial charge in [0.25, 0.3) is 0 Å². The van der Waals surface area contributed by atoms with Crippen LogP contribution in [0, 0.1) is 11.3 Å². The van der Waals surface area contributed by atoms with Crippen LogP contribution in [0.25, 0.3) is 0 Å². The molecule has 2 aromatic carbocycles. The van der Waals surface area contributed by atoms with E-state index in [-0.39, 0.29) is 5.38 Å². The van der Waals surface area contributed by atoms with Crippen molar-refractivity contribution in [2.24, 2.45) is 0 Å². The van der Waals surface area contributed by atoms with Crippen molar-refractivity contribution in [3.05, 3.63) is 65.2 Å². The minimum Gasteiger partial charge on any atom is -0.496 e. The van der Waals surface area contributed by atoms with Gasteiger partial charge in [0.1, 0.15) is 5.75 Å². The largest absolute Gasteiger partial charge is 0.496 e. The highest BCUT2D eigenvalue weighted by Crippen LogP contribution is 2.34. The normalized spacial score (nSPS) is 11.6. The lowest BCUT2D eigenvalue weighted by molar-refractivity contribution is 0.410. The van der Waals surface area contributed by atoms with Crippen LogP contribution in [-0.2, 0) is 0 Å². The Labute approximate surface area is 111 Å². The Hall–Kier alpha value is -1.98. The lowest BCUT2D eigenvalue weighted by atomic mass is 10.0. The summed E-state index contributed by atoms with van der Waals surface area (Å²) in [5, 5.41) is 8.48. The third-order valence-electron chi connectivity index (χ3n) is 2.74. The molecular formula is C15H12ClNO. The van der Waals surface area contributed by atoms with Crippen LogP contribution in [0.1, 0.15) is 22.1 Å². The molecule has 18 heavy (non-hydrogen) atoms. The summed E-state index contributed by atoms with van der Waals surface area (Å²) in [5.74, 6) is 0.766. The molecule has 2 rings (SSSR count). The van der Waals surface area contributed by atoms with Gasteiger partial charge in [0, 0.05) is 5.56 Å². The Morgan fingerprint density at radius 1 is 1.11 bits per heavy atom. The maximum Gasteiger partial charge on any atom is 0.123 e. The molecule has 0 fully saturated rings. The number of halogens is 1. The summed E-state index contributed by atoms with van der Waals surface area (Å²) in [6, 6.07) is 17.0. The molecular weight excluding hydrogens is 246 g/mol. The van der Waals surface area contributed by atoms with Crippen molar-refractivity contribution in [3.63, 3.8) is 0 Å². The molecule has 3 heteroatoms. The first-order valence-corrected chi connectivity index (χ1v) is 5.97. The Kier molecular flexibility index (Phi) is 3.86. The second kappa shape index (κ2) is 5.57. The van der Waals surface area contributed by atoms with Crippen LogP contribution < -0.4 is 4.74 Å². The smallest absolute Gasteiger partial charge is 0.123 e. The third-order valence-corrected chi connectivity index (χ3v) is 3.23. The zero-order chi connectivity index (χ0) is 13.0. The van der Waals surface area contributed by atoms with E-state index >= 15 is 0 Å². The minimum absolute atomic E-state index is 0.283. The molecule has 2 aromatic rings. The molecule has 0 N–H and O–H groups in total. The Morgan fingerprint density at radius 3 is 2.39 bits per heavy atom. The molecule has 0 saturated heterocycles. The van der Waals surface area contributed by atoms with Gasteiger partial charge in [0.2, 0.25) is 0 Å². The average Bonchev–Trinajstić information content (AvgIpc) is 2.46. The molecule has 0 radical (unpaired) electrons. The van der Waals surface area contributed by atoms with Gasteiger partial charge in [-0.15, -0.1) is 11.6 Å². The summed E-state index contributed by atoms with van der Waals surface area (Å²) in [5.41, 5.74) is 2.49. The first-order valence-electron chi connectivity index (χ1n) is 5.53. The predicted octanol–water partition coefficient (Wildman–Crippen LogP) is 3.90. The van der Waals surface area contributed by atoms with Gasteiger partial charge in [0.05, 0.1) is 24.1 Å². The van der Waals surface area contributed by atoms with Crippen molar-refractivity contribution in [2.45, 2.75) is 5.38 Å². The van der Waals surface area contributed by atoms with Gasteiger partial charge in [0.15, 0.2) is 0 Å². The molecule has 0 aliphatic rings. The van der Waals surface area contributed by atoms with Crippen LogP contribution >= 0.6 is 11.6 Å². The topological polar surface area (TPSA) is 33.0 Å². The van der Waals surface area contributed by atoms with Crippen molar-refractivity contribution in [2.75, 3.05) is 7.11 Å². The number of nitriles is 1. The van der Waals surface area contributed by atoms with Crippen LogP contribution in [0.4, 0.5) is 0 Å². The van der Waals surface area contributed by atoms with Crippen molar-refractivity contribution < 1.29 is 4.74 Å². The van der Waals surface area contributed by atoms with Crippen LogP contribution in [-0.4, -0.2) is 7.11 Å². The summed E-state index contributed by atoms with van der Waals surface area (Å²) in [4.78, 5) is 0. The van der Waals surface area contributed by atoms with E-state index in [1.807, 2.05) is 36.4 Å². The number of methoxy groups -OCH3 is 1. The fourth-order valence-electron chi connectivity index (χ4n) is 1.78. The summed E-state index contributed by atoms with van der Waals surface area (Å²) in [6.07, 6.45) is 0. The number of benzene rings is 2. The van der Waals surface area contributed by atoms with Gasteiger partial charge in [-0.25, -0.2) is 0 Å². The molecule has 90 valence electrons. The number of nitrogens with zero attached hydrogens (tertiary/aromatic N) is 1. The monoisotopic (exact) mass is 257 g/mol. The van der Waals surface area contributed by atoms with Crippen LogP contribution in [0.2, 0.25) is 0 Å². The van der Waals surface area contributed by atoms with E-state index in [0.29, 0.717) is 5.56 Å². The van der Waals surface area contributed by atoms with E-state index in [9.17, 15) is 0 Å². The SMILES string of the molecule is COc1ccccc1C(Cl)c1ccc(C#N)cc1. The zero-order valence-corrected chi connectivity index (χ0v) is 10.7. The highest BCUT2D eigenvalue weighted by atomic mass is 35.5. The Bertz CT molecular complexity index is 572. The van der Waals surface area contributed by atoms with E-state index in [0.717, 1.165) is 16.9 Å². The van der Waals surface area contributed by atoms with Gasteiger partial charge in [-0.2, -0.15) is 5.26 Å². The van der Waals surface area contributed by atoms with Crippen molar-refractivity contribution >= 4 is 11.6 Å². The fourth-order valence-corrected chi connectivity index (χ4v) is 2.11. The van der Waals surface area contributed by atoms with Crippen LogP contribution in [0.15, 0.2) is 48.5 Å². The zero-order valence-electron chi connectivity index (χ0n) is 9.93. The lowest BCUT2D eigenvalue weighted by Crippen LogP contribution is -1.97. The number of ether oxygens (including phenoxy) is 1. The number of alkyl halides is 1. The molecule has 0 saturated carbocycles. The highest BCUT2D eigenvalue weighted by molar-refractivity contribution is 6.22. The number of hydrogen-bond donors (Lipinski definition) is 0. The first-order chi connectivity index (χ1) is 8.76. The standard InChI is InChI=1S/C15H12ClNO/c1-18-14-5-3-2-4-13(14)15(16)12-8-6-11(10-17)7-9-12/h2-9,15H,1H3. The summed E-state index contributed by atoms with van der Waals surface area (Å²) < 4.78 is 5.30. The highest BCUT2D eigenvalue weighted by Gasteiger charge is 2.14. The van der Waals surface area contributed by atoms with E-state index in [4.69, 9.17) is 21.6 Å². The first kappa shape index (κ1) is 12.5. The number of para-hydroxylation sites is 1. The van der Waals surface area contributed by atoms with E-state index in [1.54, 1.807) is 19.2 Å². The van der Waals surface area contributed by atoms with E-state index in [2.05, 4.69) is 6.07 Å². The maximum atomic E-state index is 8.76. The molecule has 0 aliphatic heterocycles. The van der Waals surface area contributed by atoms with Gasteiger partial charge in [-0.3, -0.25) is 0 Å². The van der Waals surface area contributed by atoms with E-state index in [1.165, 1.54) is 0 Å². The maximum absolute atomic E-state index is 8.76. The van der Waals surface area contributed by atoms with Gasteiger partial charge < -0.3 is 4.74 Å². The molecule has 0 bridgehead atoms. The molecule has 2 nitrogen and oxygen atoms in total. The second-order valence-corrected chi connectivity index (χ2v) is 4.27. The van der Waals surface area contributed by atoms with Crippen LogP contribution in [0.5, 0.6) is 5.75 Å². The number of rotatable bonds is 3. The molecule has 0 amide bonds. The molecule has 0 aromatic heterocycles. The van der Waals surface area contributed by atoms with Crippen molar-refractivity contribution in [3.8, 4) is 11.8 Å². The predicted molar refractivity (Wildman–Crippen MR) is 71.8 cm³/mol. The summed E-state index contributed by atoms with van der Waals surface area (Å²) in [6.45, 7) is 0. The summed E-state index contributed by atoms with van der Waals surface area (Å²) in [7, 11) is 1.63. The average molecular weight is 258 g/mol. The Morgan fingerprint density at radius 2 is 1.78 bits per heavy atom. The quantitative estimate of drug-likeness (QED) is 0.782. The minimum atomic E-state index is -0.283. The second-order valence-electron chi connectivity index (χ2n) is 3.84. The summed E-state index contributed by atoms with van der Waals surface area (Å²) >= 11 is 6.45. The molecule has 1 atom stereocenters. The lowest BCUT2D eigenvalue weighted by Gasteiger charge is -2.14. The van der Waals surface area contributed by atoms with Crippen molar-refractivity contribution in [1.29, 1.82) is 5.26 Å². The van der Waals surface area contributed by atoms with Gasteiger partial charge in [-0.1, -0.05) is 30.3 Å². The van der Waals surface area contributed by atoms with Crippen molar-refractivity contribution in [1.82, 2.24) is 0 Å². The third kappa shape index (κ3) is 2.47. The van der Waals surface area contributed by atoms with Crippen LogP contribution in [0.3, 0.4) is 0 Å². The van der Waals surface area contributed by atoms with E-state index < -0.39 is 0 Å².